The second-order valence-corrected chi connectivity index (χ2v) is 9.49. The van der Waals surface area contributed by atoms with Gasteiger partial charge in [0.1, 0.15) is 5.60 Å². The van der Waals surface area contributed by atoms with E-state index >= 15 is 0 Å². The normalized spacial score (nSPS) is 61.2. The molecule has 4 heteroatoms. The van der Waals surface area contributed by atoms with Crippen molar-refractivity contribution in [1.29, 1.82) is 0 Å². The molecule has 6 aliphatic carbocycles. The Kier molecular flexibility index (Phi) is 2.01. The minimum Gasteiger partial charge on any atom is -0.469 e. The van der Waals surface area contributed by atoms with Gasteiger partial charge in [0.2, 0.25) is 0 Å². The van der Waals surface area contributed by atoms with E-state index in [2.05, 4.69) is 6.58 Å². The Hall–Kier alpha value is -1.32. The number of hydrogen-bond acceptors (Lipinski definition) is 4. The van der Waals surface area contributed by atoms with E-state index in [0.29, 0.717) is 11.8 Å². The number of hydrogen-bond donors (Lipinski definition) is 0. The molecule has 0 aromatic rings. The van der Waals surface area contributed by atoms with Gasteiger partial charge in [-0.3, -0.25) is 9.59 Å². The Balaban J connectivity index is 1.64. The highest BCUT2D eigenvalue weighted by molar-refractivity contribution is 5.87. The zero-order valence-corrected chi connectivity index (χ0v) is 14.4. The summed E-state index contributed by atoms with van der Waals surface area (Å²) in [7, 11) is 1.49. The fourth-order valence-corrected chi connectivity index (χ4v) is 9.02. The third-order valence-electron chi connectivity index (χ3n) is 9.39. The minimum atomic E-state index is -0.513. The van der Waals surface area contributed by atoms with Crippen LogP contribution in [0.2, 0.25) is 0 Å². The lowest BCUT2D eigenvalue weighted by Crippen LogP contribution is -2.52. The predicted octanol–water partition coefficient (Wildman–Crippen LogP) is 2.86. The second-order valence-electron chi connectivity index (χ2n) is 9.49. The van der Waals surface area contributed by atoms with Gasteiger partial charge in [0.25, 0.3) is 0 Å². The van der Waals surface area contributed by atoms with Crippen molar-refractivity contribution in [2.75, 3.05) is 7.11 Å². The number of ether oxygens (including phenoxy) is 2. The highest BCUT2D eigenvalue weighted by Crippen LogP contribution is 2.98. The van der Waals surface area contributed by atoms with Crippen molar-refractivity contribution in [3.05, 3.63) is 12.2 Å². The SMILES string of the molecule is C=C1C2[C@@]34CC[C@@H]1C[C@@]23[C@@H](C(=O)OC)[C@H]1[C@@]42CCC[C@]1(C)C(=O)O2. The standard InChI is InChI=1S/C20H24O4/c1-10-11-5-8-19-13(10)18(19,9-11)12(15(21)23-3)14-17(2)6-4-7-20(14,19)24-16(17)22/h11-14H,1,4-9H2,2-3H3/t11-,12-,13?,14-,17+,18-,19+,20+/m1/s1. The number of rotatable bonds is 1. The molecule has 0 aromatic carbocycles. The van der Waals surface area contributed by atoms with Crippen LogP contribution in [0.3, 0.4) is 0 Å². The van der Waals surface area contributed by atoms with E-state index in [1.807, 2.05) is 6.92 Å². The summed E-state index contributed by atoms with van der Waals surface area (Å²) in [5.41, 5.74) is 0.327. The molecule has 6 bridgehead atoms. The molecule has 0 amide bonds. The fourth-order valence-electron chi connectivity index (χ4n) is 9.02. The average Bonchev–Trinajstić information content (AvgIpc) is 2.97. The first-order valence-electron chi connectivity index (χ1n) is 9.41. The van der Waals surface area contributed by atoms with Crippen molar-refractivity contribution in [3.8, 4) is 0 Å². The fraction of sp³-hybridized carbons (Fsp3) is 0.800. The number of fused-ring (bicyclic) bond motifs is 1. The molecule has 1 unspecified atom stereocenters. The quantitative estimate of drug-likeness (QED) is 0.549. The molecule has 7 rings (SSSR count). The summed E-state index contributed by atoms with van der Waals surface area (Å²) in [5, 5.41) is 0. The van der Waals surface area contributed by atoms with Gasteiger partial charge in [-0.05, 0) is 57.3 Å². The molecular formula is C20H24O4. The van der Waals surface area contributed by atoms with Crippen LogP contribution in [-0.2, 0) is 19.1 Å². The van der Waals surface area contributed by atoms with Crippen LogP contribution in [0, 0.1) is 39.9 Å². The number of allylic oxidation sites excluding steroid dienone is 1. The Bertz CT molecular complexity index is 742. The maximum atomic E-state index is 13.0. The molecule has 7 fully saturated rings. The molecule has 0 radical (unpaired) electrons. The van der Waals surface area contributed by atoms with Crippen LogP contribution in [0.15, 0.2) is 12.2 Å². The van der Waals surface area contributed by atoms with Crippen LogP contribution >= 0.6 is 0 Å². The summed E-state index contributed by atoms with van der Waals surface area (Å²) in [5.74, 6) is 0.558. The lowest BCUT2D eigenvalue weighted by Gasteiger charge is -2.47. The Labute approximate surface area is 141 Å². The van der Waals surface area contributed by atoms with Gasteiger partial charge in [-0.15, -0.1) is 0 Å². The van der Waals surface area contributed by atoms with Crippen LogP contribution in [0.1, 0.15) is 45.4 Å². The van der Waals surface area contributed by atoms with Crippen LogP contribution in [0.5, 0.6) is 0 Å². The lowest BCUT2D eigenvalue weighted by atomic mass is 9.55. The number of esters is 2. The molecule has 0 N–H and O–H groups in total. The van der Waals surface area contributed by atoms with Crippen LogP contribution in [0.25, 0.3) is 0 Å². The van der Waals surface area contributed by atoms with Crippen molar-refractivity contribution in [2.45, 2.75) is 51.0 Å². The smallest absolute Gasteiger partial charge is 0.312 e. The molecule has 1 aliphatic heterocycles. The third-order valence-corrected chi connectivity index (χ3v) is 9.39. The molecule has 24 heavy (non-hydrogen) atoms. The molecule has 4 nitrogen and oxygen atoms in total. The van der Waals surface area contributed by atoms with Gasteiger partial charge in [-0.2, -0.15) is 0 Å². The average molecular weight is 328 g/mol. The summed E-state index contributed by atoms with van der Waals surface area (Å²) in [4.78, 5) is 25.8. The number of methoxy groups -OCH3 is 1. The summed E-state index contributed by atoms with van der Waals surface area (Å²) >= 11 is 0. The van der Waals surface area contributed by atoms with Crippen LogP contribution in [0.4, 0.5) is 0 Å². The van der Waals surface area contributed by atoms with E-state index in [1.165, 1.54) is 12.7 Å². The van der Waals surface area contributed by atoms with Crippen LogP contribution in [-0.4, -0.2) is 24.6 Å². The number of carbonyl (C=O) groups is 2. The van der Waals surface area contributed by atoms with E-state index in [1.54, 1.807) is 0 Å². The molecule has 8 atom stereocenters. The predicted molar refractivity (Wildman–Crippen MR) is 84.6 cm³/mol. The first-order chi connectivity index (χ1) is 11.4. The Morgan fingerprint density at radius 1 is 1.33 bits per heavy atom. The first-order valence-corrected chi connectivity index (χ1v) is 9.41. The maximum absolute atomic E-state index is 13.0. The van der Waals surface area contributed by atoms with Gasteiger partial charge in [-0.25, -0.2) is 0 Å². The molecule has 1 saturated heterocycles. The minimum absolute atomic E-state index is 0.000370. The van der Waals surface area contributed by atoms with Crippen molar-refractivity contribution < 1.29 is 19.1 Å². The van der Waals surface area contributed by atoms with Gasteiger partial charge in [0, 0.05) is 16.7 Å². The van der Waals surface area contributed by atoms with E-state index in [0.717, 1.165) is 38.5 Å². The van der Waals surface area contributed by atoms with Crippen molar-refractivity contribution in [1.82, 2.24) is 0 Å². The molecule has 6 saturated carbocycles. The molecule has 0 aromatic heterocycles. The van der Waals surface area contributed by atoms with E-state index in [4.69, 9.17) is 9.47 Å². The highest BCUT2D eigenvalue weighted by Gasteiger charge is 3.00. The van der Waals surface area contributed by atoms with E-state index in [-0.39, 0.29) is 34.6 Å². The second kappa shape index (κ2) is 3.47. The molecule has 128 valence electrons. The molecule has 1 heterocycles. The van der Waals surface area contributed by atoms with Gasteiger partial charge in [0.05, 0.1) is 18.4 Å². The van der Waals surface area contributed by atoms with Crippen molar-refractivity contribution in [3.63, 3.8) is 0 Å². The highest BCUT2D eigenvalue weighted by atomic mass is 16.6. The Morgan fingerprint density at radius 3 is 2.88 bits per heavy atom. The maximum Gasteiger partial charge on any atom is 0.312 e. The zero-order valence-electron chi connectivity index (χ0n) is 14.4. The van der Waals surface area contributed by atoms with Crippen molar-refractivity contribution >= 4 is 11.9 Å². The topological polar surface area (TPSA) is 52.6 Å². The molecular weight excluding hydrogens is 304 g/mol. The molecule has 7 aliphatic rings. The summed E-state index contributed by atoms with van der Waals surface area (Å²) in [6.07, 6.45) is 6.08. The summed E-state index contributed by atoms with van der Waals surface area (Å²) < 4.78 is 11.6. The van der Waals surface area contributed by atoms with Crippen LogP contribution < -0.4 is 0 Å². The Morgan fingerprint density at radius 2 is 2.12 bits per heavy atom. The monoisotopic (exact) mass is 328 g/mol. The van der Waals surface area contributed by atoms with Gasteiger partial charge < -0.3 is 9.47 Å². The van der Waals surface area contributed by atoms with E-state index in [9.17, 15) is 9.59 Å². The van der Waals surface area contributed by atoms with Gasteiger partial charge in [-0.1, -0.05) is 12.2 Å². The zero-order chi connectivity index (χ0) is 16.7. The largest absolute Gasteiger partial charge is 0.469 e. The van der Waals surface area contributed by atoms with Gasteiger partial charge in [0.15, 0.2) is 0 Å². The van der Waals surface area contributed by atoms with E-state index < -0.39 is 11.0 Å². The van der Waals surface area contributed by atoms with Crippen molar-refractivity contribution in [2.24, 2.45) is 39.9 Å². The number of carbonyl (C=O) groups excluding carboxylic acids is 2. The summed E-state index contributed by atoms with van der Waals surface area (Å²) in [6, 6.07) is 0. The third kappa shape index (κ3) is 0.932. The molecule has 2 spiro atoms. The van der Waals surface area contributed by atoms with Gasteiger partial charge >= 0.3 is 11.9 Å². The lowest BCUT2D eigenvalue weighted by molar-refractivity contribution is -0.161. The first kappa shape index (κ1) is 13.9. The summed E-state index contributed by atoms with van der Waals surface area (Å²) in [6.45, 7) is 6.45.